The zero-order valence-electron chi connectivity index (χ0n) is 5.13. The van der Waals surface area contributed by atoms with E-state index >= 15 is 0 Å². The summed E-state index contributed by atoms with van der Waals surface area (Å²) in [5.41, 5.74) is 0. The van der Waals surface area contributed by atoms with Gasteiger partial charge in [0.15, 0.2) is 0 Å². The molecule has 0 radical (unpaired) electrons. The quantitative estimate of drug-likeness (QED) is 0.471. The van der Waals surface area contributed by atoms with E-state index in [1.54, 1.807) is 0 Å². The number of thiocarbonyl (C=S) groups is 1. The molecule has 1 atom stereocenters. The van der Waals surface area contributed by atoms with E-state index in [2.05, 4.69) is 19.6 Å². The second-order valence-corrected chi connectivity index (χ2v) is 2.70. The molecule has 1 unspecified atom stereocenters. The van der Waals surface area contributed by atoms with Crippen molar-refractivity contribution in [3.63, 3.8) is 0 Å². The summed E-state index contributed by atoms with van der Waals surface area (Å²) in [4.78, 5) is 0. The maximum Gasteiger partial charge on any atom is -0.00977 e. The minimum absolute atomic E-state index is 0.595. The fourth-order valence-electron chi connectivity index (χ4n) is 0.481. The third-order valence-corrected chi connectivity index (χ3v) is 1.83. The van der Waals surface area contributed by atoms with Crippen LogP contribution in [0, 0.1) is 5.92 Å². The Bertz CT molecular complexity index is 61.5. The van der Waals surface area contributed by atoms with Crippen molar-refractivity contribution in [2.45, 2.75) is 19.8 Å². The molecule has 0 N–H and O–H groups in total. The van der Waals surface area contributed by atoms with Gasteiger partial charge in [-0.05, 0) is 29.9 Å². The molecule has 8 heavy (non-hydrogen) atoms. The van der Waals surface area contributed by atoms with E-state index in [0.29, 0.717) is 5.92 Å². The smallest absolute Gasteiger partial charge is 0.00977 e. The van der Waals surface area contributed by atoms with E-state index < -0.39 is 0 Å². The molecule has 0 nitrogen and oxygen atoms in total. The first-order chi connectivity index (χ1) is 3.81. The maximum absolute atomic E-state index is 4.74. The molecule has 0 aliphatic carbocycles. The van der Waals surface area contributed by atoms with Gasteiger partial charge in [0.05, 0.1) is 0 Å². The summed E-state index contributed by atoms with van der Waals surface area (Å²) in [6.07, 6.45) is 2.37. The lowest BCUT2D eigenvalue weighted by Gasteiger charge is -1.99. The molecule has 0 aliphatic heterocycles. The Morgan fingerprint density at radius 2 is 2.38 bits per heavy atom. The third kappa shape index (κ3) is 4.60. The molecule has 0 amide bonds. The van der Waals surface area contributed by atoms with Crippen LogP contribution in [0.25, 0.3) is 0 Å². The molecule has 0 saturated heterocycles. The predicted octanol–water partition coefficient (Wildman–Crippen LogP) is 2.33. The lowest BCUT2D eigenvalue weighted by Crippen LogP contribution is -1.93. The number of thiol groups is 1. The Balaban J connectivity index is 2.98. The van der Waals surface area contributed by atoms with E-state index in [1.165, 1.54) is 12.8 Å². The largest absolute Gasteiger partial charge is 0.179 e. The van der Waals surface area contributed by atoms with Crippen molar-refractivity contribution in [2.75, 3.05) is 5.75 Å². The number of hydrogen-bond donors (Lipinski definition) is 1. The maximum atomic E-state index is 4.74. The van der Waals surface area contributed by atoms with Crippen molar-refractivity contribution < 1.29 is 0 Å². The minimum atomic E-state index is 0.595. The van der Waals surface area contributed by atoms with Gasteiger partial charge in [0.2, 0.25) is 0 Å². The number of hydrogen-bond acceptors (Lipinski definition) is 2. The average molecular weight is 148 g/mol. The van der Waals surface area contributed by atoms with Crippen LogP contribution in [0.4, 0.5) is 0 Å². The first-order valence-corrected chi connectivity index (χ1v) is 3.97. The van der Waals surface area contributed by atoms with Crippen LogP contribution in [0.5, 0.6) is 0 Å². The van der Waals surface area contributed by atoms with Crippen molar-refractivity contribution in [1.29, 1.82) is 0 Å². The van der Waals surface area contributed by atoms with Crippen LogP contribution < -0.4 is 0 Å². The lowest BCUT2D eigenvalue weighted by molar-refractivity contribution is 0.689. The standard InChI is InChI=1S/C6H12S2/c1-6(5-8)3-2-4-7/h5-7H,2-4H2,1H3. The SMILES string of the molecule is CC(C=S)CCCS. The van der Waals surface area contributed by atoms with Crippen molar-refractivity contribution in [2.24, 2.45) is 5.92 Å². The summed E-state index contributed by atoms with van der Waals surface area (Å²) in [5.74, 6) is 1.57. The van der Waals surface area contributed by atoms with Gasteiger partial charge in [-0.15, -0.1) is 0 Å². The van der Waals surface area contributed by atoms with Crippen LogP contribution in [-0.4, -0.2) is 11.1 Å². The Hall–Kier alpha value is 0.440. The Labute approximate surface area is 62.1 Å². The van der Waals surface area contributed by atoms with E-state index in [9.17, 15) is 0 Å². The topological polar surface area (TPSA) is 0 Å². The van der Waals surface area contributed by atoms with Crippen molar-refractivity contribution in [3.8, 4) is 0 Å². The van der Waals surface area contributed by atoms with Crippen LogP contribution in [-0.2, 0) is 0 Å². The molecule has 0 bridgehead atoms. The highest BCUT2D eigenvalue weighted by atomic mass is 32.1. The average Bonchev–Trinajstić information content (AvgIpc) is 1.83. The second-order valence-electron chi connectivity index (χ2n) is 1.98. The van der Waals surface area contributed by atoms with E-state index in [0.717, 1.165) is 5.75 Å². The number of rotatable bonds is 4. The molecule has 0 heterocycles. The van der Waals surface area contributed by atoms with Gasteiger partial charge >= 0.3 is 0 Å². The third-order valence-electron chi connectivity index (χ3n) is 1.05. The van der Waals surface area contributed by atoms with Gasteiger partial charge in [-0.25, -0.2) is 0 Å². The van der Waals surface area contributed by atoms with Crippen molar-refractivity contribution >= 4 is 30.2 Å². The summed E-state index contributed by atoms with van der Waals surface area (Å²) in [7, 11) is 0. The van der Waals surface area contributed by atoms with Crippen LogP contribution in [0.3, 0.4) is 0 Å². The fourth-order valence-corrected chi connectivity index (χ4v) is 0.800. The van der Waals surface area contributed by atoms with E-state index in [1.807, 2.05) is 5.37 Å². The van der Waals surface area contributed by atoms with Gasteiger partial charge in [0.25, 0.3) is 0 Å². The Morgan fingerprint density at radius 3 is 2.75 bits per heavy atom. The lowest BCUT2D eigenvalue weighted by atomic mass is 10.1. The van der Waals surface area contributed by atoms with Crippen LogP contribution in [0.2, 0.25) is 0 Å². The summed E-state index contributed by atoms with van der Waals surface area (Å²) < 4.78 is 0. The molecule has 0 aromatic rings. The Kier molecular flexibility index (Phi) is 5.88. The molecular weight excluding hydrogens is 136 g/mol. The molecule has 2 heteroatoms. The molecule has 48 valence electrons. The van der Waals surface area contributed by atoms with Crippen molar-refractivity contribution in [3.05, 3.63) is 0 Å². The highest BCUT2D eigenvalue weighted by Gasteiger charge is 1.93. The molecule has 0 fully saturated rings. The highest BCUT2D eigenvalue weighted by molar-refractivity contribution is 7.80. The zero-order valence-corrected chi connectivity index (χ0v) is 6.84. The van der Waals surface area contributed by atoms with E-state index in [-0.39, 0.29) is 0 Å². The second kappa shape index (κ2) is 5.57. The normalized spacial score (nSPS) is 13.2. The monoisotopic (exact) mass is 148 g/mol. The molecule has 0 aromatic heterocycles. The van der Waals surface area contributed by atoms with Gasteiger partial charge in [0, 0.05) is 0 Å². The zero-order chi connectivity index (χ0) is 6.41. The van der Waals surface area contributed by atoms with E-state index in [4.69, 9.17) is 12.2 Å². The summed E-state index contributed by atoms with van der Waals surface area (Å²) in [6, 6.07) is 0. The van der Waals surface area contributed by atoms with Crippen LogP contribution in [0.1, 0.15) is 19.8 Å². The molecule has 0 saturated carbocycles. The molecule has 0 aliphatic rings. The van der Waals surface area contributed by atoms with Gasteiger partial charge in [-0.2, -0.15) is 12.6 Å². The van der Waals surface area contributed by atoms with Crippen LogP contribution >= 0.6 is 24.8 Å². The summed E-state index contributed by atoms with van der Waals surface area (Å²) in [5, 5.41) is 1.82. The van der Waals surface area contributed by atoms with Crippen molar-refractivity contribution in [1.82, 2.24) is 0 Å². The molecule has 0 spiro atoms. The first-order valence-electron chi connectivity index (χ1n) is 2.87. The first kappa shape index (κ1) is 8.44. The molecular formula is C6H12S2. The van der Waals surface area contributed by atoms with Crippen LogP contribution in [0.15, 0.2) is 0 Å². The fraction of sp³-hybridized carbons (Fsp3) is 0.833. The van der Waals surface area contributed by atoms with Gasteiger partial charge < -0.3 is 0 Å². The minimum Gasteiger partial charge on any atom is -0.179 e. The van der Waals surface area contributed by atoms with Gasteiger partial charge in [0.1, 0.15) is 0 Å². The Morgan fingerprint density at radius 1 is 1.75 bits per heavy atom. The molecule has 0 aromatic carbocycles. The highest BCUT2D eigenvalue weighted by Crippen LogP contribution is 2.02. The summed E-state index contributed by atoms with van der Waals surface area (Å²) in [6.45, 7) is 2.14. The molecule has 0 rings (SSSR count). The summed E-state index contributed by atoms with van der Waals surface area (Å²) >= 11 is 8.82. The van der Waals surface area contributed by atoms with Gasteiger partial charge in [-0.1, -0.05) is 19.1 Å². The van der Waals surface area contributed by atoms with Gasteiger partial charge in [-0.3, -0.25) is 0 Å². The predicted molar refractivity (Wildman–Crippen MR) is 45.9 cm³/mol.